The average molecular weight is 259 g/mol. The first-order chi connectivity index (χ1) is 9.04. The van der Waals surface area contributed by atoms with Crippen LogP contribution in [0.25, 0.3) is 11.4 Å². The van der Waals surface area contributed by atoms with Gasteiger partial charge in [0.05, 0.1) is 0 Å². The largest absolute Gasteiger partial charge is 0.399 e. The molecular formula is C13H17N5O. The van der Waals surface area contributed by atoms with Crippen LogP contribution in [-0.2, 0) is 11.3 Å². The maximum atomic E-state index is 11.6. The number of rotatable bonds is 4. The van der Waals surface area contributed by atoms with Gasteiger partial charge in [-0.05, 0) is 38.1 Å². The van der Waals surface area contributed by atoms with E-state index in [4.69, 9.17) is 5.73 Å². The van der Waals surface area contributed by atoms with Crippen LogP contribution in [-0.4, -0.2) is 26.7 Å². The van der Waals surface area contributed by atoms with E-state index < -0.39 is 0 Å². The van der Waals surface area contributed by atoms with Gasteiger partial charge in [-0.15, -0.1) is 0 Å². The standard InChI is InChI=1S/C13H17N5O/c1-9(2)16-12(19)7-18-8-15-13(17-18)10-3-5-11(14)6-4-10/h3-6,8-9H,7,14H2,1-2H3,(H,16,19). The Morgan fingerprint density at radius 1 is 1.37 bits per heavy atom. The zero-order chi connectivity index (χ0) is 13.8. The minimum atomic E-state index is -0.0799. The number of aromatic nitrogens is 3. The number of amides is 1. The lowest BCUT2D eigenvalue weighted by atomic mass is 10.2. The molecule has 0 atom stereocenters. The summed E-state index contributed by atoms with van der Waals surface area (Å²) in [4.78, 5) is 15.8. The SMILES string of the molecule is CC(C)NC(=O)Cn1cnc(-c2ccc(N)cc2)n1. The molecule has 2 rings (SSSR count). The first-order valence-corrected chi connectivity index (χ1v) is 6.09. The van der Waals surface area contributed by atoms with Gasteiger partial charge in [-0.3, -0.25) is 4.79 Å². The molecule has 1 amide bonds. The van der Waals surface area contributed by atoms with Crippen LogP contribution in [0.15, 0.2) is 30.6 Å². The van der Waals surface area contributed by atoms with E-state index in [1.165, 1.54) is 4.68 Å². The fourth-order valence-electron chi connectivity index (χ4n) is 1.65. The smallest absolute Gasteiger partial charge is 0.241 e. The number of nitrogens with one attached hydrogen (secondary N) is 1. The van der Waals surface area contributed by atoms with E-state index in [1.54, 1.807) is 18.5 Å². The number of hydrogen-bond acceptors (Lipinski definition) is 4. The van der Waals surface area contributed by atoms with Crippen molar-refractivity contribution in [1.29, 1.82) is 0 Å². The Morgan fingerprint density at radius 2 is 2.05 bits per heavy atom. The van der Waals surface area contributed by atoms with Crippen molar-refractivity contribution in [2.45, 2.75) is 26.4 Å². The molecule has 1 aromatic heterocycles. The van der Waals surface area contributed by atoms with E-state index in [0.717, 1.165) is 5.56 Å². The first kappa shape index (κ1) is 13.1. The number of anilines is 1. The molecule has 0 aliphatic carbocycles. The van der Waals surface area contributed by atoms with Crippen LogP contribution >= 0.6 is 0 Å². The first-order valence-electron chi connectivity index (χ1n) is 6.09. The second kappa shape index (κ2) is 5.51. The molecule has 6 heteroatoms. The summed E-state index contributed by atoms with van der Waals surface area (Å²) < 4.78 is 1.52. The minimum absolute atomic E-state index is 0.0799. The van der Waals surface area contributed by atoms with Crippen LogP contribution in [0.1, 0.15) is 13.8 Å². The molecule has 2 aromatic rings. The van der Waals surface area contributed by atoms with Gasteiger partial charge in [0.2, 0.25) is 5.91 Å². The number of hydrogen-bond donors (Lipinski definition) is 2. The fourth-order valence-corrected chi connectivity index (χ4v) is 1.65. The van der Waals surface area contributed by atoms with E-state index >= 15 is 0 Å². The van der Waals surface area contributed by atoms with Crippen LogP contribution < -0.4 is 11.1 Å². The molecule has 100 valence electrons. The summed E-state index contributed by atoms with van der Waals surface area (Å²) >= 11 is 0. The molecule has 0 radical (unpaired) electrons. The maximum Gasteiger partial charge on any atom is 0.241 e. The lowest BCUT2D eigenvalue weighted by Crippen LogP contribution is -2.33. The summed E-state index contributed by atoms with van der Waals surface area (Å²) in [5.41, 5.74) is 7.19. The molecule has 6 nitrogen and oxygen atoms in total. The third-order valence-electron chi connectivity index (χ3n) is 2.46. The second-order valence-electron chi connectivity index (χ2n) is 4.61. The molecule has 19 heavy (non-hydrogen) atoms. The van der Waals surface area contributed by atoms with E-state index in [0.29, 0.717) is 11.5 Å². The lowest BCUT2D eigenvalue weighted by molar-refractivity contribution is -0.122. The van der Waals surface area contributed by atoms with Crippen LogP contribution in [0.2, 0.25) is 0 Å². The highest BCUT2D eigenvalue weighted by Gasteiger charge is 2.08. The second-order valence-corrected chi connectivity index (χ2v) is 4.61. The third-order valence-corrected chi connectivity index (χ3v) is 2.46. The molecular weight excluding hydrogens is 242 g/mol. The molecule has 0 saturated carbocycles. The van der Waals surface area contributed by atoms with Gasteiger partial charge < -0.3 is 11.1 Å². The van der Waals surface area contributed by atoms with Crippen molar-refractivity contribution in [1.82, 2.24) is 20.1 Å². The molecule has 3 N–H and O–H groups in total. The monoisotopic (exact) mass is 259 g/mol. The van der Waals surface area contributed by atoms with E-state index in [1.807, 2.05) is 26.0 Å². The molecule has 0 spiro atoms. The highest BCUT2D eigenvalue weighted by Crippen LogP contribution is 2.15. The summed E-state index contributed by atoms with van der Waals surface area (Å²) in [6.07, 6.45) is 1.55. The number of carbonyl (C=O) groups excluding carboxylic acids is 1. The molecule has 1 aromatic carbocycles. The van der Waals surface area contributed by atoms with Crippen LogP contribution in [0.4, 0.5) is 5.69 Å². The van der Waals surface area contributed by atoms with Gasteiger partial charge in [-0.25, -0.2) is 9.67 Å². The molecule has 0 aliphatic rings. The fraction of sp³-hybridized carbons (Fsp3) is 0.308. The van der Waals surface area contributed by atoms with E-state index in [9.17, 15) is 4.79 Å². The predicted octanol–water partition coefficient (Wildman–Crippen LogP) is 1.05. The van der Waals surface area contributed by atoms with Gasteiger partial charge in [0, 0.05) is 17.3 Å². The molecule has 0 fully saturated rings. The van der Waals surface area contributed by atoms with Gasteiger partial charge in [-0.1, -0.05) is 0 Å². The number of nitrogens with two attached hydrogens (primary N) is 1. The Labute approximate surface area is 111 Å². The van der Waals surface area contributed by atoms with Crippen LogP contribution in [0, 0.1) is 0 Å². The minimum Gasteiger partial charge on any atom is -0.399 e. The number of benzene rings is 1. The summed E-state index contributed by atoms with van der Waals surface area (Å²) in [6.45, 7) is 4.00. The zero-order valence-electron chi connectivity index (χ0n) is 11.0. The average Bonchev–Trinajstić information content (AvgIpc) is 2.77. The summed E-state index contributed by atoms with van der Waals surface area (Å²) in [6, 6.07) is 7.41. The summed E-state index contributed by atoms with van der Waals surface area (Å²) in [5.74, 6) is 0.501. The number of nitrogens with zero attached hydrogens (tertiary/aromatic N) is 3. The van der Waals surface area contributed by atoms with Gasteiger partial charge in [0.15, 0.2) is 5.82 Å². The molecule has 0 aliphatic heterocycles. The number of carbonyl (C=O) groups is 1. The van der Waals surface area contributed by atoms with Gasteiger partial charge in [-0.2, -0.15) is 5.10 Å². The highest BCUT2D eigenvalue weighted by atomic mass is 16.2. The predicted molar refractivity (Wildman–Crippen MR) is 73.1 cm³/mol. The highest BCUT2D eigenvalue weighted by molar-refractivity contribution is 5.75. The Hall–Kier alpha value is -2.37. The van der Waals surface area contributed by atoms with E-state index in [-0.39, 0.29) is 18.5 Å². The topological polar surface area (TPSA) is 85.8 Å². The summed E-state index contributed by atoms with van der Waals surface area (Å²) in [5, 5.41) is 7.06. The Bertz CT molecular complexity index is 559. The zero-order valence-corrected chi connectivity index (χ0v) is 11.0. The van der Waals surface area contributed by atoms with Crippen molar-refractivity contribution in [3.8, 4) is 11.4 Å². The van der Waals surface area contributed by atoms with Crippen LogP contribution in [0.5, 0.6) is 0 Å². The van der Waals surface area contributed by atoms with Crippen molar-refractivity contribution in [2.75, 3.05) is 5.73 Å². The van der Waals surface area contributed by atoms with Crippen molar-refractivity contribution in [2.24, 2.45) is 0 Å². The van der Waals surface area contributed by atoms with Crippen molar-refractivity contribution in [3.05, 3.63) is 30.6 Å². The molecule has 0 bridgehead atoms. The Balaban J connectivity index is 2.07. The Kier molecular flexibility index (Phi) is 3.79. The number of nitrogen functional groups attached to an aromatic ring is 1. The maximum absolute atomic E-state index is 11.6. The molecule has 0 unspecified atom stereocenters. The normalized spacial score (nSPS) is 10.7. The summed E-state index contributed by atoms with van der Waals surface area (Å²) in [7, 11) is 0. The van der Waals surface area contributed by atoms with Crippen LogP contribution in [0.3, 0.4) is 0 Å². The van der Waals surface area contributed by atoms with Gasteiger partial charge in [0.25, 0.3) is 0 Å². The lowest BCUT2D eigenvalue weighted by Gasteiger charge is -2.07. The molecule has 0 saturated heterocycles. The van der Waals surface area contributed by atoms with Gasteiger partial charge >= 0.3 is 0 Å². The van der Waals surface area contributed by atoms with Gasteiger partial charge in [0.1, 0.15) is 12.9 Å². The van der Waals surface area contributed by atoms with Crippen molar-refractivity contribution in [3.63, 3.8) is 0 Å². The quantitative estimate of drug-likeness (QED) is 0.804. The third kappa shape index (κ3) is 3.54. The Morgan fingerprint density at radius 3 is 2.68 bits per heavy atom. The van der Waals surface area contributed by atoms with E-state index in [2.05, 4.69) is 15.4 Å². The van der Waals surface area contributed by atoms with Crippen molar-refractivity contribution < 1.29 is 4.79 Å². The molecule has 1 heterocycles. The van der Waals surface area contributed by atoms with Crippen molar-refractivity contribution >= 4 is 11.6 Å².